The highest BCUT2D eigenvalue weighted by molar-refractivity contribution is 6.62. The Labute approximate surface area is 141 Å². The summed E-state index contributed by atoms with van der Waals surface area (Å²) in [6.45, 7) is 12.2. The van der Waals surface area contributed by atoms with Crippen molar-refractivity contribution in [1.29, 1.82) is 0 Å². The quantitative estimate of drug-likeness (QED) is 0.754. The van der Waals surface area contributed by atoms with Crippen molar-refractivity contribution in [3.63, 3.8) is 0 Å². The molecule has 0 bridgehead atoms. The van der Waals surface area contributed by atoms with Gasteiger partial charge in [-0.15, -0.1) is 0 Å². The standard InChI is InChI=1S/C18H30BNO3/c1-14(12-20(6)7)13-21-16-10-8-15(9-11-16)19-22-17(2,3)18(4,5)23-19/h8-11,14H,12-13H2,1-7H3. The first kappa shape index (κ1) is 18.3. The van der Waals surface area contributed by atoms with Gasteiger partial charge < -0.3 is 18.9 Å². The first-order valence-electron chi connectivity index (χ1n) is 8.34. The smallest absolute Gasteiger partial charge is 0.493 e. The first-order valence-corrected chi connectivity index (χ1v) is 8.34. The number of nitrogens with zero attached hydrogens (tertiary/aromatic N) is 1. The molecule has 0 amide bonds. The van der Waals surface area contributed by atoms with Gasteiger partial charge in [0.1, 0.15) is 5.75 Å². The highest BCUT2D eigenvalue weighted by atomic mass is 16.7. The van der Waals surface area contributed by atoms with Crippen molar-refractivity contribution in [3.8, 4) is 5.75 Å². The van der Waals surface area contributed by atoms with Crippen LogP contribution < -0.4 is 10.2 Å². The minimum atomic E-state index is -0.318. The van der Waals surface area contributed by atoms with Crippen LogP contribution in [0.15, 0.2) is 24.3 Å². The van der Waals surface area contributed by atoms with Crippen LogP contribution in [0.5, 0.6) is 5.75 Å². The molecule has 1 fully saturated rings. The zero-order valence-electron chi connectivity index (χ0n) is 15.6. The minimum Gasteiger partial charge on any atom is -0.493 e. The minimum absolute atomic E-state index is 0.311. The van der Waals surface area contributed by atoms with E-state index < -0.39 is 0 Å². The van der Waals surface area contributed by atoms with Gasteiger partial charge in [-0.2, -0.15) is 0 Å². The average molecular weight is 319 g/mol. The second kappa shape index (κ2) is 6.84. The largest absolute Gasteiger partial charge is 0.494 e. The molecule has 1 saturated heterocycles. The summed E-state index contributed by atoms with van der Waals surface area (Å²) in [5.74, 6) is 1.38. The summed E-state index contributed by atoms with van der Waals surface area (Å²) in [6, 6.07) is 8.02. The summed E-state index contributed by atoms with van der Waals surface area (Å²) in [6.07, 6.45) is 0. The van der Waals surface area contributed by atoms with Gasteiger partial charge in [0.15, 0.2) is 0 Å². The predicted molar refractivity (Wildman–Crippen MR) is 95.4 cm³/mol. The lowest BCUT2D eigenvalue weighted by Crippen LogP contribution is -2.41. The normalized spacial score (nSPS) is 20.8. The first-order chi connectivity index (χ1) is 10.6. The molecule has 0 N–H and O–H groups in total. The van der Waals surface area contributed by atoms with Crippen LogP contribution in [0, 0.1) is 5.92 Å². The Bertz CT molecular complexity index is 498. The summed E-state index contributed by atoms with van der Waals surface area (Å²) in [5.41, 5.74) is 0.403. The van der Waals surface area contributed by atoms with Crippen LogP contribution in [0.25, 0.3) is 0 Å². The monoisotopic (exact) mass is 319 g/mol. The molecule has 0 radical (unpaired) electrons. The molecular weight excluding hydrogens is 289 g/mol. The van der Waals surface area contributed by atoms with Gasteiger partial charge in [-0.3, -0.25) is 0 Å². The molecule has 0 saturated carbocycles. The Morgan fingerprint density at radius 2 is 1.57 bits per heavy atom. The van der Waals surface area contributed by atoms with Crippen molar-refractivity contribution >= 4 is 12.6 Å². The second-order valence-electron chi connectivity index (χ2n) is 7.84. The van der Waals surface area contributed by atoms with Gasteiger partial charge in [0.2, 0.25) is 0 Å². The van der Waals surface area contributed by atoms with E-state index in [-0.39, 0.29) is 18.3 Å². The van der Waals surface area contributed by atoms with Crippen LogP contribution in [0.2, 0.25) is 0 Å². The predicted octanol–water partition coefficient (Wildman–Crippen LogP) is 2.56. The SMILES string of the molecule is CC(COc1ccc(B2OC(C)(C)C(C)(C)O2)cc1)CN(C)C. The maximum atomic E-state index is 6.06. The van der Waals surface area contributed by atoms with Gasteiger partial charge in [-0.1, -0.05) is 19.1 Å². The van der Waals surface area contributed by atoms with E-state index in [4.69, 9.17) is 14.0 Å². The molecule has 1 aromatic carbocycles. The van der Waals surface area contributed by atoms with Gasteiger partial charge in [0.05, 0.1) is 17.8 Å². The Morgan fingerprint density at radius 3 is 2.04 bits per heavy atom. The van der Waals surface area contributed by atoms with E-state index in [1.165, 1.54) is 0 Å². The third kappa shape index (κ3) is 4.49. The van der Waals surface area contributed by atoms with Crippen molar-refractivity contribution in [2.24, 2.45) is 5.92 Å². The van der Waals surface area contributed by atoms with Gasteiger partial charge in [0.25, 0.3) is 0 Å². The van der Waals surface area contributed by atoms with Crippen LogP contribution in [0.4, 0.5) is 0 Å². The summed E-state index contributed by atoms with van der Waals surface area (Å²) >= 11 is 0. The molecule has 0 spiro atoms. The fourth-order valence-electron chi connectivity index (χ4n) is 2.61. The summed E-state index contributed by atoms with van der Waals surface area (Å²) in [7, 11) is 3.84. The van der Waals surface area contributed by atoms with E-state index in [9.17, 15) is 0 Å². The topological polar surface area (TPSA) is 30.9 Å². The molecule has 1 heterocycles. The Hall–Kier alpha value is -1.04. The zero-order chi connectivity index (χ0) is 17.3. The van der Waals surface area contributed by atoms with Crippen LogP contribution in [-0.4, -0.2) is 50.5 Å². The summed E-state index contributed by atoms with van der Waals surface area (Å²) in [5, 5.41) is 0. The Morgan fingerprint density at radius 1 is 1.04 bits per heavy atom. The fourth-order valence-corrected chi connectivity index (χ4v) is 2.61. The highest BCUT2D eigenvalue weighted by Crippen LogP contribution is 2.36. The number of ether oxygens (including phenoxy) is 1. The van der Waals surface area contributed by atoms with Crippen LogP contribution >= 0.6 is 0 Å². The lowest BCUT2D eigenvalue weighted by atomic mass is 9.79. The molecule has 1 aliphatic rings. The fraction of sp³-hybridized carbons (Fsp3) is 0.667. The zero-order valence-corrected chi connectivity index (χ0v) is 15.6. The molecular formula is C18H30BNO3. The van der Waals surface area contributed by atoms with Gasteiger partial charge in [0, 0.05) is 12.5 Å². The Kier molecular flexibility index (Phi) is 5.44. The van der Waals surface area contributed by atoms with E-state index >= 15 is 0 Å². The molecule has 2 rings (SSSR count). The molecule has 5 heteroatoms. The van der Waals surface area contributed by atoms with Crippen molar-refractivity contribution in [3.05, 3.63) is 24.3 Å². The third-order valence-corrected chi connectivity index (χ3v) is 4.62. The molecule has 1 unspecified atom stereocenters. The van der Waals surface area contributed by atoms with E-state index in [1.807, 2.05) is 24.3 Å². The van der Waals surface area contributed by atoms with Gasteiger partial charge in [-0.25, -0.2) is 0 Å². The molecule has 23 heavy (non-hydrogen) atoms. The summed E-state index contributed by atoms with van der Waals surface area (Å²) < 4.78 is 18.0. The molecule has 1 aromatic rings. The molecule has 1 atom stereocenters. The van der Waals surface area contributed by atoms with Crippen LogP contribution in [-0.2, 0) is 9.31 Å². The molecule has 0 aliphatic carbocycles. The average Bonchev–Trinajstić information content (AvgIpc) is 2.65. The van der Waals surface area contributed by atoms with Crippen LogP contribution in [0.3, 0.4) is 0 Å². The maximum Gasteiger partial charge on any atom is 0.494 e. The molecule has 4 nitrogen and oxygen atoms in total. The van der Waals surface area contributed by atoms with E-state index in [2.05, 4.69) is 53.6 Å². The number of rotatable bonds is 6. The van der Waals surface area contributed by atoms with E-state index in [1.54, 1.807) is 0 Å². The lowest BCUT2D eigenvalue weighted by Gasteiger charge is -2.32. The number of hydrogen-bond donors (Lipinski definition) is 0. The van der Waals surface area contributed by atoms with E-state index in [0.717, 1.165) is 17.8 Å². The van der Waals surface area contributed by atoms with Crippen molar-refractivity contribution < 1.29 is 14.0 Å². The lowest BCUT2D eigenvalue weighted by molar-refractivity contribution is 0.00578. The number of benzene rings is 1. The van der Waals surface area contributed by atoms with Crippen molar-refractivity contribution in [1.82, 2.24) is 4.90 Å². The van der Waals surface area contributed by atoms with Gasteiger partial charge >= 0.3 is 7.12 Å². The van der Waals surface area contributed by atoms with Crippen molar-refractivity contribution in [2.45, 2.75) is 45.8 Å². The summed E-state index contributed by atoms with van der Waals surface area (Å²) in [4.78, 5) is 2.18. The highest BCUT2D eigenvalue weighted by Gasteiger charge is 2.51. The molecule has 1 aliphatic heterocycles. The second-order valence-corrected chi connectivity index (χ2v) is 7.84. The maximum absolute atomic E-state index is 6.06. The molecule has 128 valence electrons. The van der Waals surface area contributed by atoms with Crippen molar-refractivity contribution in [2.75, 3.05) is 27.2 Å². The van der Waals surface area contributed by atoms with Gasteiger partial charge in [-0.05, 0) is 59.4 Å². The number of hydrogen-bond acceptors (Lipinski definition) is 4. The molecule has 0 aromatic heterocycles. The Balaban J connectivity index is 1.93. The van der Waals surface area contributed by atoms with E-state index in [0.29, 0.717) is 12.5 Å². The third-order valence-electron chi connectivity index (χ3n) is 4.62. The van der Waals surface area contributed by atoms with Crippen LogP contribution in [0.1, 0.15) is 34.6 Å².